The number of furan rings is 1. The summed E-state index contributed by atoms with van der Waals surface area (Å²) >= 11 is 6.08. The number of hydrogen-bond acceptors (Lipinski definition) is 2. The summed E-state index contributed by atoms with van der Waals surface area (Å²) in [6, 6.07) is 7.99. The fourth-order valence-electron chi connectivity index (χ4n) is 2.08. The van der Waals surface area contributed by atoms with Gasteiger partial charge in [-0.15, -0.1) is 0 Å². The summed E-state index contributed by atoms with van der Waals surface area (Å²) in [6.45, 7) is 2.10. The molecule has 4 heteroatoms. The molecule has 3 rings (SSSR count). The van der Waals surface area contributed by atoms with E-state index >= 15 is 0 Å². The average Bonchev–Trinajstić information content (AvgIpc) is 2.91. The summed E-state index contributed by atoms with van der Waals surface area (Å²) in [6.07, 6.45) is 2.48. The van der Waals surface area contributed by atoms with Gasteiger partial charge in [0.15, 0.2) is 5.76 Å². The Morgan fingerprint density at radius 1 is 1.35 bits per heavy atom. The van der Waals surface area contributed by atoms with Gasteiger partial charge in [0.2, 0.25) is 0 Å². The molecule has 0 atom stereocenters. The zero-order chi connectivity index (χ0) is 11.8. The molecule has 3 aromatic rings. The second-order valence-corrected chi connectivity index (χ2v) is 4.26. The van der Waals surface area contributed by atoms with Crippen molar-refractivity contribution in [3.63, 3.8) is 0 Å². The molecule has 0 spiro atoms. The molecular weight excluding hydrogens is 236 g/mol. The molecule has 86 valence electrons. The van der Waals surface area contributed by atoms with E-state index in [9.17, 15) is 0 Å². The number of aryl methyl sites for hydroxylation is 1. The molecule has 0 aliphatic heterocycles. The lowest BCUT2D eigenvalue weighted by molar-refractivity contribution is 0.624. The maximum Gasteiger partial charge on any atom is 0.157 e. The van der Waals surface area contributed by atoms with Crippen molar-refractivity contribution in [1.82, 2.24) is 10.2 Å². The van der Waals surface area contributed by atoms with Gasteiger partial charge in [-0.1, -0.05) is 36.7 Å². The summed E-state index contributed by atoms with van der Waals surface area (Å²) in [7, 11) is 0. The third-order valence-corrected chi connectivity index (χ3v) is 3.16. The highest BCUT2D eigenvalue weighted by atomic mass is 35.5. The number of rotatable bonds is 2. The van der Waals surface area contributed by atoms with Crippen LogP contribution >= 0.6 is 11.6 Å². The Morgan fingerprint density at radius 2 is 2.18 bits per heavy atom. The zero-order valence-electron chi connectivity index (χ0n) is 9.33. The van der Waals surface area contributed by atoms with Crippen molar-refractivity contribution in [2.24, 2.45) is 0 Å². The first-order valence-electron chi connectivity index (χ1n) is 5.51. The third kappa shape index (κ3) is 1.54. The molecule has 0 saturated carbocycles. The minimum Gasteiger partial charge on any atom is -0.454 e. The van der Waals surface area contributed by atoms with Crippen molar-refractivity contribution in [1.29, 1.82) is 0 Å². The van der Waals surface area contributed by atoms with Gasteiger partial charge in [0.25, 0.3) is 0 Å². The Bertz CT molecular complexity index is 669. The maximum absolute atomic E-state index is 6.08. The van der Waals surface area contributed by atoms with E-state index in [4.69, 9.17) is 16.0 Å². The van der Waals surface area contributed by atoms with Crippen LogP contribution in [0.15, 0.2) is 34.9 Å². The zero-order valence-corrected chi connectivity index (χ0v) is 10.1. The maximum atomic E-state index is 6.08. The van der Waals surface area contributed by atoms with Crippen LogP contribution in [0.2, 0.25) is 5.02 Å². The van der Waals surface area contributed by atoms with E-state index in [1.165, 1.54) is 0 Å². The Balaban J connectivity index is 2.33. The highest BCUT2D eigenvalue weighted by Gasteiger charge is 2.17. The number of benzene rings is 1. The van der Waals surface area contributed by atoms with E-state index in [1.54, 1.807) is 6.20 Å². The van der Waals surface area contributed by atoms with Crippen molar-refractivity contribution in [3.05, 3.63) is 41.0 Å². The van der Waals surface area contributed by atoms with Crippen LogP contribution in [0.25, 0.3) is 22.4 Å². The molecule has 0 bridgehead atoms. The highest BCUT2D eigenvalue weighted by Crippen LogP contribution is 2.35. The van der Waals surface area contributed by atoms with Crippen LogP contribution in [0.1, 0.15) is 12.5 Å². The van der Waals surface area contributed by atoms with Crippen molar-refractivity contribution in [3.8, 4) is 11.5 Å². The number of hydrogen-bond donors (Lipinski definition) is 1. The summed E-state index contributed by atoms with van der Waals surface area (Å²) in [5.41, 5.74) is 2.79. The van der Waals surface area contributed by atoms with Crippen LogP contribution in [0.4, 0.5) is 0 Å². The van der Waals surface area contributed by atoms with Gasteiger partial charge in [0.05, 0.1) is 11.2 Å². The van der Waals surface area contributed by atoms with Crippen molar-refractivity contribution < 1.29 is 4.42 Å². The van der Waals surface area contributed by atoms with Gasteiger partial charge in [-0.2, -0.15) is 5.10 Å². The molecular formula is C13H11ClN2O. The number of aromatic amines is 1. The van der Waals surface area contributed by atoms with Crippen LogP contribution in [0, 0.1) is 0 Å². The third-order valence-electron chi connectivity index (χ3n) is 2.87. The monoisotopic (exact) mass is 246 g/mol. The van der Waals surface area contributed by atoms with Crippen molar-refractivity contribution >= 4 is 22.6 Å². The molecule has 0 aliphatic carbocycles. The first-order valence-corrected chi connectivity index (χ1v) is 5.88. The predicted molar refractivity (Wildman–Crippen MR) is 68.2 cm³/mol. The van der Waals surface area contributed by atoms with Gasteiger partial charge in [-0.25, -0.2) is 0 Å². The lowest BCUT2D eigenvalue weighted by Crippen LogP contribution is -1.83. The second kappa shape index (κ2) is 3.93. The molecule has 2 aromatic heterocycles. The van der Waals surface area contributed by atoms with Crippen molar-refractivity contribution in [2.75, 3.05) is 0 Å². The van der Waals surface area contributed by atoms with Crippen LogP contribution in [-0.4, -0.2) is 10.2 Å². The summed E-state index contributed by atoms with van der Waals surface area (Å²) < 4.78 is 5.86. The van der Waals surface area contributed by atoms with Crippen LogP contribution in [0.5, 0.6) is 0 Å². The Kier molecular flexibility index (Phi) is 2.41. The largest absolute Gasteiger partial charge is 0.454 e. The summed E-state index contributed by atoms with van der Waals surface area (Å²) in [4.78, 5) is 0. The standard InChI is InChI=1S/C13H11ClN2O/c1-2-8-9-5-3-4-6-11(9)17-13(8)12-10(14)7-15-16-12/h3-7H,2H2,1H3,(H,15,16). The van der Waals surface area contributed by atoms with Crippen LogP contribution < -0.4 is 0 Å². The number of fused-ring (bicyclic) bond motifs is 1. The van der Waals surface area contributed by atoms with Gasteiger partial charge < -0.3 is 4.42 Å². The molecule has 0 aliphatic rings. The molecule has 3 nitrogen and oxygen atoms in total. The smallest absolute Gasteiger partial charge is 0.157 e. The second-order valence-electron chi connectivity index (χ2n) is 3.85. The first kappa shape index (κ1) is 10.4. The number of nitrogens with one attached hydrogen (secondary N) is 1. The molecule has 0 saturated heterocycles. The molecule has 1 aromatic carbocycles. The van der Waals surface area contributed by atoms with Gasteiger partial charge in [-0.05, 0) is 12.5 Å². The molecule has 0 unspecified atom stereocenters. The topological polar surface area (TPSA) is 41.8 Å². The summed E-state index contributed by atoms with van der Waals surface area (Å²) in [5.74, 6) is 0.788. The quantitative estimate of drug-likeness (QED) is 0.742. The van der Waals surface area contributed by atoms with Gasteiger partial charge in [-0.3, -0.25) is 5.10 Å². The van der Waals surface area contributed by atoms with E-state index in [2.05, 4.69) is 23.2 Å². The number of halogens is 1. The number of para-hydroxylation sites is 1. The van der Waals surface area contributed by atoms with Crippen LogP contribution in [0.3, 0.4) is 0 Å². The Hall–Kier alpha value is -1.74. The van der Waals surface area contributed by atoms with Crippen LogP contribution in [-0.2, 0) is 6.42 Å². The fourth-order valence-corrected chi connectivity index (χ4v) is 2.26. The van der Waals surface area contributed by atoms with Gasteiger partial charge in [0.1, 0.15) is 11.3 Å². The van der Waals surface area contributed by atoms with E-state index in [0.717, 1.165) is 34.4 Å². The first-order chi connectivity index (χ1) is 8.31. The fraction of sp³-hybridized carbons (Fsp3) is 0.154. The van der Waals surface area contributed by atoms with E-state index in [1.807, 2.05) is 18.2 Å². The van der Waals surface area contributed by atoms with E-state index < -0.39 is 0 Å². The molecule has 0 radical (unpaired) electrons. The van der Waals surface area contributed by atoms with E-state index in [-0.39, 0.29) is 0 Å². The summed E-state index contributed by atoms with van der Waals surface area (Å²) in [5, 5.41) is 8.53. The van der Waals surface area contributed by atoms with Crippen molar-refractivity contribution in [2.45, 2.75) is 13.3 Å². The molecule has 2 heterocycles. The molecule has 0 fully saturated rings. The predicted octanol–water partition coefficient (Wildman–Crippen LogP) is 4.04. The van der Waals surface area contributed by atoms with Gasteiger partial charge >= 0.3 is 0 Å². The normalized spacial score (nSPS) is 11.2. The molecule has 0 amide bonds. The average molecular weight is 247 g/mol. The number of nitrogens with zero attached hydrogens (tertiary/aromatic N) is 1. The highest BCUT2D eigenvalue weighted by molar-refractivity contribution is 6.32. The van der Waals surface area contributed by atoms with Gasteiger partial charge in [0, 0.05) is 10.9 Å². The minimum atomic E-state index is 0.582. The Morgan fingerprint density at radius 3 is 2.88 bits per heavy atom. The Labute approximate surface area is 103 Å². The van der Waals surface area contributed by atoms with E-state index in [0.29, 0.717) is 5.02 Å². The number of H-pyrrole nitrogens is 1. The lowest BCUT2D eigenvalue weighted by atomic mass is 10.1. The number of aromatic nitrogens is 2. The minimum absolute atomic E-state index is 0.582. The lowest BCUT2D eigenvalue weighted by Gasteiger charge is -1.97. The molecule has 17 heavy (non-hydrogen) atoms. The SMILES string of the molecule is CCc1c(-c2[nH]ncc2Cl)oc2ccccc12. The molecule has 1 N–H and O–H groups in total.